The molecule has 16 nitrogen and oxygen atoms in total. The van der Waals surface area contributed by atoms with Crippen molar-refractivity contribution < 1.29 is 80.1 Å². The molecule has 0 radical (unpaired) electrons. The predicted molar refractivity (Wildman–Crippen MR) is 225 cm³/mol. The highest BCUT2D eigenvalue weighted by Gasteiger charge is 2.77. The molecule has 2 aromatic carbocycles. The standard InChI is InChI=1S/C47H60N2O14/c1-10-48-41(56)60-35(33(27-17-13-11-14-18-27)49-42(57)63-43(4,5)6)40(55)59-30-24-47(58)38(61-39(54)28-19-15-12-16-20-28)36-45(9,37(53)34(52)32(25(30)2)44(47,7)8)31(51)23-29-21-22-46(29,36)62-26(3)50/h11-20,29-31,33-36,38,51-52,58H,10,21-24H2,1-9H3,(H,48,56)(H,49,57)/t29-,30+,31+,33+,34-,35-,36+,38+,45-,46+,47-/m1/s1/i4D3,5D3,6D3. The maximum absolute atomic E-state index is 15.2. The number of hydrogen-bond donors (Lipinski definition) is 5. The number of carbonyl (C=O) groups is 6. The van der Waals surface area contributed by atoms with E-state index in [4.69, 9.17) is 36.0 Å². The van der Waals surface area contributed by atoms with E-state index in [1.807, 2.05) is 0 Å². The van der Waals surface area contributed by atoms with Crippen molar-refractivity contribution in [1.29, 1.82) is 0 Å². The number of benzene rings is 2. The molecule has 0 spiro atoms. The monoisotopic (exact) mass is 885 g/mol. The van der Waals surface area contributed by atoms with Crippen LogP contribution in [0, 0.1) is 22.7 Å². The molecule has 11 atom stereocenters. The van der Waals surface area contributed by atoms with E-state index >= 15 is 4.79 Å². The highest BCUT2D eigenvalue weighted by Crippen LogP contribution is 2.67. The largest absolute Gasteiger partial charge is 0.458 e. The third-order valence-corrected chi connectivity index (χ3v) is 13.5. The Morgan fingerprint density at radius 3 is 2.16 bits per heavy atom. The normalized spacial score (nSPS) is 34.5. The zero-order valence-corrected chi connectivity index (χ0v) is 35.8. The van der Waals surface area contributed by atoms with Gasteiger partial charge in [-0.15, -0.1) is 0 Å². The summed E-state index contributed by atoms with van der Waals surface area (Å²) in [4.78, 5) is 84.8. The molecule has 6 rings (SSSR count). The predicted octanol–water partition coefficient (Wildman–Crippen LogP) is 5.02. The van der Waals surface area contributed by atoms with Crippen LogP contribution in [0.2, 0.25) is 0 Å². The van der Waals surface area contributed by atoms with Crippen LogP contribution in [-0.4, -0.2) is 105 Å². The van der Waals surface area contributed by atoms with Crippen molar-refractivity contribution in [3.05, 3.63) is 82.9 Å². The van der Waals surface area contributed by atoms with Crippen molar-refractivity contribution in [3.8, 4) is 0 Å². The van der Waals surface area contributed by atoms with E-state index in [9.17, 15) is 39.3 Å². The molecular weight excluding hydrogens is 817 g/mol. The molecule has 5 N–H and O–H groups in total. The number of fused-ring (bicyclic) bond motifs is 5. The number of ether oxygens (including phenoxy) is 5. The third-order valence-electron chi connectivity index (χ3n) is 13.5. The number of rotatable bonds is 10. The average molecular weight is 886 g/mol. The SMILES string of the molecule is [2H]C([2H])([2H])C(OC(=O)N[C@@H](c1ccccc1)[C@@H](OC(=O)NCC)C(=O)O[C@H]1C[C@@]2(O)[C@@H](OC(=O)c3ccccc3)[C@@H]3[C@]4(OC(C)=O)CC[C@@H]4C[C@H](O)[C@@]3(C)C(=O)[C@H](O)C(=C1C)C2(C)C)(C([2H])([2H])[2H])C([2H])([2H])[2H]. The van der Waals surface area contributed by atoms with Gasteiger partial charge in [-0.05, 0) is 89.4 Å². The Morgan fingerprint density at radius 2 is 1.59 bits per heavy atom. The van der Waals surface area contributed by atoms with Crippen LogP contribution in [-0.2, 0) is 38.1 Å². The first-order valence-electron chi connectivity index (χ1n) is 25.2. The van der Waals surface area contributed by atoms with E-state index in [-0.39, 0.29) is 41.7 Å². The van der Waals surface area contributed by atoms with Gasteiger partial charge in [-0.1, -0.05) is 62.4 Å². The molecule has 0 aliphatic heterocycles. The fourth-order valence-corrected chi connectivity index (χ4v) is 10.4. The van der Waals surface area contributed by atoms with Crippen molar-refractivity contribution in [3.63, 3.8) is 0 Å². The van der Waals surface area contributed by atoms with E-state index in [0.717, 1.165) is 6.92 Å². The van der Waals surface area contributed by atoms with Gasteiger partial charge >= 0.3 is 30.1 Å². The lowest BCUT2D eigenvalue weighted by molar-refractivity contribution is -0.296. The molecule has 3 fully saturated rings. The number of aliphatic hydroxyl groups excluding tert-OH is 2. The highest BCUT2D eigenvalue weighted by atomic mass is 16.6. The maximum atomic E-state index is 15.2. The summed E-state index contributed by atoms with van der Waals surface area (Å²) < 4.78 is 101. The summed E-state index contributed by atoms with van der Waals surface area (Å²) in [6, 6.07) is 12.5. The molecule has 2 aromatic rings. The van der Waals surface area contributed by atoms with Crippen molar-refractivity contribution in [2.24, 2.45) is 22.7 Å². The van der Waals surface area contributed by atoms with Gasteiger partial charge in [0.25, 0.3) is 0 Å². The number of alkyl carbamates (subject to hydrolysis) is 2. The number of ketones is 1. The molecule has 2 bridgehead atoms. The van der Waals surface area contributed by atoms with Gasteiger partial charge in [0.05, 0.1) is 23.0 Å². The number of amides is 2. The van der Waals surface area contributed by atoms with Crippen LogP contribution in [0.1, 0.15) is 122 Å². The second kappa shape index (κ2) is 17.3. The van der Waals surface area contributed by atoms with Crippen LogP contribution >= 0.6 is 0 Å². The van der Waals surface area contributed by atoms with Crippen LogP contribution in [0.5, 0.6) is 0 Å². The van der Waals surface area contributed by atoms with E-state index < -0.39 is 139 Å². The number of esters is 3. The van der Waals surface area contributed by atoms with E-state index in [1.165, 1.54) is 77.1 Å². The first kappa shape index (κ1) is 36.1. The zero-order chi connectivity index (χ0) is 53.9. The second-order valence-corrected chi connectivity index (χ2v) is 17.5. The average Bonchev–Trinajstić information content (AvgIpc) is 3.27. The Morgan fingerprint density at radius 1 is 0.952 bits per heavy atom. The van der Waals surface area contributed by atoms with Crippen molar-refractivity contribution >= 4 is 35.9 Å². The Balaban J connectivity index is 1.53. The third kappa shape index (κ3) is 8.44. The quantitative estimate of drug-likeness (QED) is 0.120. The number of carbonyl (C=O) groups excluding carboxylic acids is 6. The highest BCUT2D eigenvalue weighted by molar-refractivity contribution is 5.94. The number of nitrogens with one attached hydrogen (secondary N) is 2. The van der Waals surface area contributed by atoms with Gasteiger partial charge in [0.2, 0.25) is 6.10 Å². The number of aliphatic hydroxyl groups is 3. The Labute approximate surface area is 379 Å². The maximum Gasteiger partial charge on any atom is 0.408 e. The van der Waals surface area contributed by atoms with Crippen molar-refractivity contribution in [2.75, 3.05) is 6.54 Å². The zero-order valence-electron chi connectivity index (χ0n) is 44.8. The van der Waals surface area contributed by atoms with Crippen molar-refractivity contribution in [1.82, 2.24) is 10.6 Å². The Hall–Kier alpha value is -5.32. The molecule has 0 aromatic heterocycles. The second-order valence-electron chi connectivity index (χ2n) is 17.5. The first-order valence-corrected chi connectivity index (χ1v) is 20.7. The van der Waals surface area contributed by atoms with Crippen molar-refractivity contribution in [2.45, 2.75) is 141 Å². The molecular formula is C47H60N2O14. The van der Waals surface area contributed by atoms with Gasteiger partial charge in [0.15, 0.2) is 5.78 Å². The summed E-state index contributed by atoms with van der Waals surface area (Å²) in [6.45, 7) is -3.86. The lowest BCUT2D eigenvalue weighted by atomic mass is 9.41. The summed E-state index contributed by atoms with van der Waals surface area (Å²) in [5.74, 6) is -6.51. The van der Waals surface area contributed by atoms with Crippen LogP contribution in [0.4, 0.5) is 9.59 Å². The minimum Gasteiger partial charge on any atom is -0.458 e. The molecule has 0 unspecified atom stereocenters. The molecule has 16 heteroatoms. The summed E-state index contributed by atoms with van der Waals surface area (Å²) in [6.07, 6.45) is -13.3. The molecule has 63 heavy (non-hydrogen) atoms. The van der Waals surface area contributed by atoms with Gasteiger partial charge in [-0.3, -0.25) is 9.59 Å². The Kier molecular flexibility index (Phi) is 9.92. The minimum absolute atomic E-state index is 0.0000132. The van der Waals surface area contributed by atoms with Gasteiger partial charge in [0.1, 0.15) is 41.2 Å². The molecule has 4 aliphatic rings. The number of Topliss-reactive ketones (excluding diaryl/α,β-unsaturated/α-hetero) is 1. The van der Waals surface area contributed by atoms with Gasteiger partial charge in [-0.2, -0.15) is 0 Å². The molecule has 342 valence electrons. The fourth-order valence-electron chi connectivity index (χ4n) is 10.4. The molecule has 0 saturated heterocycles. The van der Waals surface area contributed by atoms with Crippen LogP contribution < -0.4 is 10.6 Å². The Bertz CT molecular complexity index is 2430. The molecule has 3 saturated carbocycles. The summed E-state index contributed by atoms with van der Waals surface area (Å²) in [7, 11) is 0. The van der Waals surface area contributed by atoms with E-state index in [2.05, 4.69) is 10.6 Å². The van der Waals surface area contributed by atoms with E-state index in [0.29, 0.717) is 6.42 Å². The summed E-state index contributed by atoms with van der Waals surface area (Å²) in [5.41, 5.74) is -12.6. The first-order chi connectivity index (χ1) is 33.2. The van der Waals surface area contributed by atoms with Gasteiger partial charge in [-0.25, -0.2) is 19.2 Å². The molecule has 4 aliphatic carbocycles. The lowest BCUT2D eigenvalue weighted by Gasteiger charge is -2.68. The smallest absolute Gasteiger partial charge is 0.408 e. The van der Waals surface area contributed by atoms with Crippen LogP contribution in [0.25, 0.3) is 0 Å². The van der Waals surface area contributed by atoms with Crippen LogP contribution in [0.15, 0.2) is 71.8 Å². The lowest BCUT2D eigenvalue weighted by Crippen LogP contribution is -2.78. The molecule has 0 heterocycles. The topological polar surface area (TPSA) is 233 Å². The summed E-state index contributed by atoms with van der Waals surface area (Å²) in [5, 5.41) is 42.6. The van der Waals surface area contributed by atoms with Crippen LogP contribution in [0.3, 0.4) is 0 Å². The summed E-state index contributed by atoms with van der Waals surface area (Å²) >= 11 is 0. The fraction of sp³-hybridized carbons (Fsp3) is 0.574. The van der Waals surface area contributed by atoms with E-state index in [1.54, 1.807) is 18.2 Å². The number of hydrogen-bond acceptors (Lipinski definition) is 14. The van der Waals surface area contributed by atoms with Gasteiger partial charge in [0, 0.05) is 43.6 Å². The minimum atomic E-state index is -4.14. The van der Waals surface area contributed by atoms with Gasteiger partial charge < -0.3 is 49.6 Å². The molecule has 2 amide bonds.